The van der Waals surface area contributed by atoms with Gasteiger partial charge in [-0.25, -0.2) is 0 Å². The molecule has 0 saturated carbocycles. The normalized spacial score (nSPS) is 13.6. The Bertz CT molecular complexity index is 505. The van der Waals surface area contributed by atoms with E-state index >= 15 is 0 Å². The molecule has 1 N–H and O–H groups in total. The number of hydrogen-bond donors (Lipinski definition) is 1. The van der Waals surface area contributed by atoms with Gasteiger partial charge in [-0.2, -0.15) is 13.2 Å². The molecule has 0 bridgehead atoms. The van der Waals surface area contributed by atoms with E-state index in [1.807, 2.05) is 0 Å². The molecule has 0 aliphatic heterocycles. The van der Waals surface area contributed by atoms with Gasteiger partial charge in [-0.05, 0) is 24.7 Å². The maximum atomic E-state index is 12.9. The predicted octanol–water partition coefficient (Wildman–Crippen LogP) is 3.61. The van der Waals surface area contributed by atoms with Crippen LogP contribution in [0.3, 0.4) is 0 Å². The second-order valence-electron chi connectivity index (χ2n) is 3.86. The smallest absolute Gasteiger partial charge is 0.416 e. The van der Waals surface area contributed by atoms with Gasteiger partial charge in [-0.1, -0.05) is 18.2 Å². The van der Waals surface area contributed by atoms with Crippen molar-refractivity contribution in [2.75, 3.05) is 7.05 Å². The van der Waals surface area contributed by atoms with Crippen LogP contribution in [0.25, 0.3) is 0 Å². The van der Waals surface area contributed by atoms with Gasteiger partial charge in [0.2, 0.25) is 0 Å². The highest BCUT2D eigenvalue weighted by molar-refractivity contribution is 5.37. The minimum atomic E-state index is -4.37. The summed E-state index contributed by atoms with van der Waals surface area (Å²) in [5.41, 5.74) is 0.216. The topological polar surface area (TPSA) is 25.2 Å². The van der Waals surface area contributed by atoms with Gasteiger partial charge in [0, 0.05) is 5.56 Å². The molecule has 1 aromatic carbocycles. The lowest BCUT2D eigenvalue weighted by molar-refractivity contribution is -0.138. The lowest BCUT2D eigenvalue weighted by atomic mass is 9.96. The van der Waals surface area contributed by atoms with E-state index in [0.717, 1.165) is 6.07 Å². The van der Waals surface area contributed by atoms with Gasteiger partial charge in [0.1, 0.15) is 0 Å². The van der Waals surface area contributed by atoms with Crippen LogP contribution in [0.2, 0.25) is 0 Å². The second-order valence-corrected chi connectivity index (χ2v) is 3.86. The van der Waals surface area contributed by atoms with Gasteiger partial charge in [0.25, 0.3) is 0 Å². The zero-order valence-electron chi connectivity index (χ0n) is 9.66. The molecule has 1 atom stereocenters. The summed E-state index contributed by atoms with van der Waals surface area (Å²) in [6.07, 6.45) is -1.49. The van der Waals surface area contributed by atoms with Gasteiger partial charge < -0.3 is 9.73 Å². The summed E-state index contributed by atoms with van der Waals surface area (Å²) in [5.74, 6) is 0. The van der Waals surface area contributed by atoms with E-state index in [1.54, 1.807) is 19.2 Å². The molecule has 0 radical (unpaired) electrons. The van der Waals surface area contributed by atoms with Gasteiger partial charge in [0.05, 0.1) is 24.1 Å². The molecule has 1 heterocycles. The number of rotatable bonds is 3. The molecule has 96 valence electrons. The summed E-state index contributed by atoms with van der Waals surface area (Å²) in [7, 11) is 1.62. The molecule has 1 unspecified atom stereocenters. The first-order chi connectivity index (χ1) is 8.54. The summed E-state index contributed by atoms with van der Waals surface area (Å²) in [4.78, 5) is 0. The number of alkyl halides is 3. The minimum Gasteiger partial charge on any atom is -0.472 e. The predicted molar refractivity (Wildman–Crippen MR) is 61.1 cm³/mol. The summed E-state index contributed by atoms with van der Waals surface area (Å²) in [5, 5.41) is 2.87. The van der Waals surface area contributed by atoms with Crippen LogP contribution in [0, 0.1) is 0 Å². The Hall–Kier alpha value is -1.75. The summed E-state index contributed by atoms with van der Waals surface area (Å²) in [6.45, 7) is 0. The Morgan fingerprint density at radius 1 is 1.17 bits per heavy atom. The number of halogens is 3. The molecule has 2 nitrogen and oxygen atoms in total. The molecule has 0 spiro atoms. The van der Waals surface area contributed by atoms with Crippen LogP contribution in [-0.4, -0.2) is 7.05 Å². The van der Waals surface area contributed by atoms with Gasteiger partial charge >= 0.3 is 6.18 Å². The molecule has 2 aromatic rings. The SMILES string of the molecule is CNC(c1ccoc1)c1ccccc1C(F)(F)F. The van der Waals surface area contributed by atoms with E-state index in [-0.39, 0.29) is 5.56 Å². The number of furan rings is 1. The van der Waals surface area contributed by atoms with Gasteiger partial charge in [0.15, 0.2) is 0 Å². The van der Waals surface area contributed by atoms with Crippen molar-refractivity contribution >= 4 is 0 Å². The highest BCUT2D eigenvalue weighted by Gasteiger charge is 2.35. The van der Waals surface area contributed by atoms with E-state index < -0.39 is 17.8 Å². The van der Waals surface area contributed by atoms with Crippen molar-refractivity contribution in [3.63, 3.8) is 0 Å². The van der Waals surface area contributed by atoms with Crippen LogP contribution in [-0.2, 0) is 6.18 Å². The summed E-state index contributed by atoms with van der Waals surface area (Å²) < 4.78 is 43.7. The van der Waals surface area contributed by atoms with Crippen molar-refractivity contribution in [3.05, 3.63) is 59.5 Å². The van der Waals surface area contributed by atoms with E-state index in [4.69, 9.17) is 4.42 Å². The van der Waals surface area contributed by atoms with Crippen LogP contribution in [0.15, 0.2) is 47.3 Å². The third-order valence-corrected chi connectivity index (χ3v) is 2.74. The van der Waals surface area contributed by atoms with Crippen molar-refractivity contribution in [3.8, 4) is 0 Å². The molecule has 0 amide bonds. The van der Waals surface area contributed by atoms with Gasteiger partial charge in [-0.15, -0.1) is 0 Å². The summed E-state index contributed by atoms with van der Waals surface area (Å²) >= 11 is 0. The first-order valence-electron chi connectivity index (χ1n) is 5.39. The van der Waals surface area contributed by atoms with E-state index in [9.17, 15) is 13.2 Å². The van der Waals surface area contributed by atoms with Crippen molar-refractivity contribution in [1.29, 1.82) is 0 Å². The molecule has 0 saturated heterocycles. The first-order valence-corrected chi connectivity index (χ1v) is 5.39. The van der Waals surface area contributed by atoms with Crippen LogP contribution in [0.5, 0.6) is 0 Å². The molecule has 0 fully saturated rings. The van der Waals surface area contributed by atoms with Crippen molar-refractivity contribution in [2.24, 2.45) is 0 Å². The largest absolute Gasteiger partial charge is 0.472 e. The Balaban J connectivity index is 2.50. The Kier molecular flexibility index (Phi) is 3.43. The zero-order valence-corrected chi connectivity index (χ0v) is 9.66. The second kappa shape index (κ2) is 4.86. The third-order valence-electron chi connectivity index (χ3n) is 2.74. The summed E-state index contributed by atoms with van der Waals surface area (Å²) in [6, 6.07) is 6.63. The average Bonchev–Trinajstić information content (AvgIpc) is 2.83. The lowest BCUT2D eigenvalue weighted by Crippen LogP contribution is -2.21. The standard InChI is InChI=1S/C13H12F3NO/c1-17-12(9-6-7-18-8-9)10-4-2-3-5-11(10)13(14,15)16/h2-8,12,17H,1H3. The molecule has 18 heavy (non-hydrogen) atoms. The maximum Gasteiger partial charge on any atom is 0.416 e. The Labute approximate surface area is 102 Å². The van der Waals surface area contributed by atoms with Crippen molar-refractivity contribution < 1.29 is 17.6 Å². The van der Waals surface area contributed by atoms with E-state index in [2.05, 4.69) is 5.32 Å². The molecule has 1 aromatic heterocycles. The average molecular weight is 255 g/mol. The number of hydrogen-bond acceptors (Lipinski definition) is 2. The van der Waals surface area contributed by atoms with Crippen molar-refractivity contribution in [2.45, 2.75) is 12.2 Å². The zero-order chi connectivity index (χ0) is 13.2. The van der Waals surface area contributed by atoms with E-state index in [0.29, 0.717) is 5.56 Å². The van der Waals surface area contributed by atoms with Gasteiger partial charge in [-0.3, -0.25) is 0 Å². The molecular weight excluding hydrogens is 243 g/mol. The first kappa shape index (κ1) is 12.7. The highest BCUT2D eigenvalue weighted by atomic mass is 19.4. The quantitative estimate of drug-likeness (QED) is 0.906. The molecular formula is C13H12F3NO. The van der Waals surface area contributed by atoms with E-state index in [1.165, 1.54) is 24.7 Å². The maximum absolute atomic E-state index is 12.9. The molecule has 0 aliphatic carbocycles. The number of benzene rings is 1. The fourth-order valence-corrected chi connectivity index (χ4v) is 1.95. The van der Waals surface area contributed by atoms with Crippen LogP contribution < -0.4 is 5.32 Å². The Morgan fingerprint density at radius 2 is 1.89 bits per heavy atom. The fraction of sp³-hybridized carbons (Fsp3) is 0.231. The fourth-order valence-electron chi connectivity index (χ4n) is 1.95. The number of nitrogens with one attached hydrogen (secondary N) is 1. The lowest BCUT2D eigenvalue weighted by Gasteiger charge is -2.20. The molecule has 0 aliphatic rings. The third kappa shape index (κ3) is 2.41. The van der Waals surface area contributed by atoms with Crippen LogP contribution in [0.1, 0.15) is 22.7 Å². The minimum absolute atomic E-state index is 0.189. The van der Waals surface area contributed by atoms with Crippen molar-refractivity contribution in [1.82, 2.24) is 5.32 Å². The Morgan fingerprint density at radius 3 is 2.44 bits per heavy atom. The van der Waals surface area contributed by atoms with Crippen LogP contribution in [0.4, 0.5) is 13.2 Å². The van der Waals surface area contributed by atoms with Crippen LogP contribution >= 0.6 is 0 Å². The monoisotopic (exact) mass is 255 g/mol. The highest BCUT2D eigenvalue weighted by Crippen LogP contribution is 2.36. The molecule has 2 rings (SSSR count). The molecule has 5 heteroatoms.